The first-order valence-electron chi connectivity index (χ1n) is 14.4. The van der Waals surface area contributed by atoms with Crippen LogP contribution in [0.4, 0.5) is 0 Å². The minimum Gasteiger partial charge on any atom is -0.508 e. The number of phenolic OH excluding ortho intramolecular Hbond substituents is 2. The van der Waals surface area contributed by atoms with Crippen LogP contribution >= 0.6 is 12.4 Å². The lowest BCUT2D eigenvalue weighted by atomic mass is 9.88. The maximum Gasteiger partial charge on any atom is 0.197 e. The molecule has 5 nitrogen and oxygen atoms in total. The average Bonchev–Trinajstić information content (AvgIpc) is 3.04. The van der Waals surface area contributed by atoms with E-state index in [1.807, 2.05) is 30.3 Å². The van der Waals surface area contributed by atoms with Gasteiger partial charge in [0, 0.05) is 35.7 Å². The molecule has 0 radical (unpaired) electrons. The quantitative estimate of drug-likeness (QED) is 0.161. The molecule has 6 heteroatoms. The fraction of sp³-hybridized carbons (Fsp3) is 0.132. The van der Waals surface area contributed by atoms with Crippen LogP contribution in [0.3, 0.4) is 0 Å². The van der Waals surface area contributed by atoms with Gasteiger partial charge in [0.2, 0.25) is 0 Å². The Morgan fingerprint density at radius 1 is 0.682 bits per heavy atom. The lowest BCUT2D eigenvalue weighted by molar-refractivity contribution is 0.452. The van der Waals surface area contributed by atoms with Crippen LogP contribution in [0.1, 0.15) is 42.0 Å². The van der Waals surface area contributed by atoms with Crippen LogP contribution in [0.5, 0.6) is 11.5 Å². The largest absolute Gasteiger partial charge is 0.508 e. The van der Waals surface area contributed by atoms with E-state index in [-0.39, 0.29) is 40.3 Å². The van der Waals surface area contributed by atoms with Gasteiger partial charge in [-0.05, 0) is 36.6 Å². The number of halogens is 1. The van der Waals surface area contributed by atoms with E-state index in [2.05, 4.69) is 103 Å². The Hall–Kier alpha value is -4.84. The highest BCUT2D eigenvalue weighted by Crippen LogP contribution is 2.30. The molecule has 3 N–H and O–H groups in total. The SMILES string of the molecule is CC(NCCC(c1ccccc1)c1ccccc1)c1ccccc1.Cl.O=c1cc(-c2ccccc2)oc2cc(O)cc(O)c12. The molecule has 0 aliphatic rings. The lowest BCUT2D eigenvalue weighted by Crippen LogP contribution is -2.21. The summed E-state index contributed by atoms with van der Waals surface area (Å²) < 4.78 is 5.57. The first-order chi connectivity index (χ1) is 21.0. The molecular formula is C38H36ClNO4. The number of aromatic hydroxyl groups is 2. The molecule has 0 amide bonds. The van der Waals surface area contributed by atoms with E-state index in [9.17, 15) is 15.0 Å². The summed E-state index contributed by atoms with van der Waals surface area (Å²) in [6.07, 6.45) is 1.09. The molecule has 224 valence electrons. The van der Waals surface area contributed by atoms with E-state index in [1.54, 1.807) is 0 Å². The monoisotopic (exact) mass is 605 g/mol. The number of hydrogen-bond acceptors (Lipinski definition) is 5. The normalized spacial score (nSPS) is 11.3. The number of rotatable bonds is 8. The molecule has 0 saturated heterocycles. The summed E-state index contributed by atoms with van der Waals surface area (Å²) in [6, 6.07) is 45.5. The summed E-state index contributed by atoms with van der Waals surface area (Å²) in [5, 5.41) is 22.9. The van der Waals surface area contributed by atoms with Crippen molar-refractivity contribution in [1.29, 1.82) is 0 Å². The number of hydrogen-bond donors (Lipinski definition) is 3. The molecule has 6 rings (SSSR count). The van der Waals surface area contributed by atoms with Crippen molar-refractivity contribution in [3.05, 3.63) is 166 Å². The summed E-state index contributed by atoms with van der Waals surface area (Å²) >= 11 is 0. The minimum absolute atomic E-state index is 0. The topological polar surface area (TPSA) is 82.7 Å². The van der Waals surface area contributed by atoms with Crippen LogP contribution in [0, 0.1) is 0 Å². The smallest absolute Gasteiger partial charge is 0.197 e. The summed E-state index contributed by atoms with van der Waals surface area (Å²) in [4.78, 5) is 12.0. The van der Waals surface area contributed by atoms with Crippen molar-refractivity contribution in [2.45, 2.75) is 25.3 Å². The van der Waals surface area contributed by atoms with E-state index >= 15 is 0 Å². The second-order valence-corrected chi connectivity index (χ2v) is 10.4. The van der Waals surface area contributed by atoms with Gasteiger partial charge in [-0.2, -0.15) is 0 Å². The van der Waals surface area contributed by atoms with Crippen molar-refractivity contribution in [2.75, 3.05) is 6.54 Å². The van der Waals surface area contributed by atoms with Crippen molar-refractivity contribution < 1.29 is 14.6 Å². The molecule has 0 aliphatic carbocycles. The predicted octanol–water partition coefficient (Wildman–Crippen LogP) is 8.85. The third-order valence-corrected chi connectivity index (χ3v) is 7.44. The van der Waals surface area contributed by atoms with Gasteiger partial charge in [-0.1, -0.05) is 121 Å². The van der Waals surface area contributed by atoms with Crippen LogP contribution in [-0.2, 0) is 0 Å². The molecule has 0 fully saturated rings. The highest BCUT2D eigenvalue weighted by Gasteiger charge is 2.14. The Balaban J connectivity index is 0.000000201. The molecule has 0 saturated carbocycles. The molecule has 1 atom stereocenters. The Morgan fingerprint density at radius 3 is 1.73 bits per heavy atom. The van der Waals surface area contributed by atoms with Crippen molar-refractivity contribution in [3.63, 3.8) is 0 Å². The fourth-order valence-corrected chi connectivity index (χ4v) is 5.20. The molecular weight excluding hydrogens is 570 g/mol. The zero-order valence-electron chi connectivity index (χ0n) is 24.5. The van der Waals surface area contributed by atoms with E-state index < -0.39 is 0 Å². The molecule has 0 spiro atoms. The lowest BCUT2D eigenvalue weighted by Gasteiger charge is -2.20. The maximum atomic E-state index is 12.0. The van der Waals surface area contributed by atoms with Gasteiger partial charge in [-0.25, -0.2) is 0 Å². The predicted molar refractivity (Wildman–Crippen MR) is 181 cm³/mol. The van der Waals surface area contributed by atoms with E-state index in [4.69, 9.17) is 4.42 Å². The van der Waals surface area contributed by atoms with Gasteiger partial charge in [0.1, 0.15) is 28.2 Å². The van der Waals surface area contributed by atoms with Crippen molar-refractivity contribution in [3.8, 4) is 22.8 Å². The molecule has 0 bridgehead atoms. The van der Waals surface area contributed by atoms with E-state index in [1.165, 1.54) is 28.8 Å². The Kier molecular flexibility index (Phi) is 11.4. The number of fused-ring (bicyclic) bond motifs is 1. The van der Waals surface area contributed by atoms with Crippen molar-refractivity contribution in [2.24, 2.45) is 0 Å². The van der Waals surface area contributed by atoms with Crippen LogP contribution < -0.4 is 10.7 Å². The van der Waals surface area contributed by atoms with Crippen LogP contribution in [0.15, 0.2) is 149 Å². The summed E-state index contributed by atoms with van der Waals surface area (Å²) in [5.74, 6) is 0.382. The van der Waals surface area contributed by atoms with Gasteiger partial charge in [-0.3, -0.25) is 4.79 Å². The van der Waals surface area contributed by atoms with Crippen molar-refractivity contribution >= 4 is 23.4 Å². The second-order valence-electron chi connectivity index (χ2n) is 10.4. The van der Waals surface area contributed by atoms with Gasteiger partial charge in [0.05, 0.1) is 0 Å². The second kappa shape index (κ2) is 15.6. The molecule has 1 aromatic heterocycles. The Morgan fingerprint density at radius 2 is 1.18 bits per heavy atom. The molecule has 44 heavy (non-hydrogen) atoms. The van der Waals surface area contributed by atoms with E-state index in [0.29, 0.717) is 17.7 Å². The number of nitrogens with one attached hydrogen (secondary N) is 1. The van der Waals surface area contributed by atoms with E-state index in [0.717, 1.165) is 24.6 Å². The van der Waals surface area contributed by atoms with Gasteiger partial charge >= 0.3 is 0 Å². The first kappa shape index (κ1) is 32.1. The van der Waals surface area contributed by atoms with Gasteiger partial charge in [0.15, 0.2) is 5.43 Å². The minimum atomic E-state index is -0.349. The van der Waals surface area contributed by atoms with Crippen LogP contribution in [0.2, 0.25) is 0 Å². The summed E-state index contributed by atoms with van der Waals surface area (Å²) in [7, 11) is 0. The fourth-order valence-electron chi connectivity index (χ4n) is 5.20. The standard InChI is InChI=1S/C23H25N.C15H10O4.ClH/c1-19(20-11-5-2-6-12-20)24-18-17-23(21-13-7-3-8-14-21)22-15-9-4-10-16-22;16-10-6-11(17)15-12(18)8-13(19-14(15)7-10)9-4-2-1-3-5-9;/h2-16,19,23-24H,17-18H2,1H3;1-8,16-17H;1H. The summed E-state index contributed by atoms with van der Waals surface area (Å²) in [6.45, 7) is 3.22. The highest BCUT2D eigenvalue weighted by atomic mass is 35.5. The zero-order valence-corrected chi connectivity index (χ0v) is 25.3. The zero-order chi connectivity index (χ0) is 30.0. The Labute approximate surface area is 263 Å². The van der Waals surface area contributed by atoms with Crippen molar-refractivity contribution in [1.82, 2.24) is 5.32 Å². The highest BCUT2D eigenvalue weighted by molar-refractivity contribution is 5.86. The maximum absolute atomic E-state index is 12.0. The Bertz CT molecular complexity index is 1750. The summed E-state index contributed by atoms with van der Waals surface area (Å²) in [5.41, 5.74) is 4.68. The third kappa shape index (κ3) is 8.16. The number of benzene rings is 5. The molecule has 1 heterocycles. The molecule has 5 aromatic carbocycles. The van der Waals surface area contributed by atoms with Crippen LogP contribution in [0.25, 0.3) is 22.3 Å². The van der Waals surface area contributed by atoms with Gasteiger partial charge in [-0.15, -0.1) is 12.4 Å². The van der Waals surface area contributed by atoms with Gasteiger partial charge < -0.3 is 19.9 Å². The first-order valence-corrected chi connectivity index (χ1v) is 14.4. The average molecular weight is 606 g/mol. The third-order valence-electron chi connectivity index (χ3n) is 7.44. The molecule has 6 aromatic rings. The van der Waals surface area contributed by atoms with Crippen LogP contribution in [-0.4, -0.2) is 16.8 Å². The molecule has 1 unspecified atom stereocenters. The molecule has 0 aliphatic heterocycles. The number of phenols is 2. The van der Waals surface area contributed by atoms with Gasteiger partial charge in [0.25, 0.3) is 0 Å².